The summed E-state index contributed by atoms with van der Waals surface area (Å²) >= 11 is 12.1. The normalized spacial score (nSPS) is 10.4. The van der Waals surface area contributed by atoms with E-state index in [1.165, 1.54) is 79.2 Å². The van der Waals surface area contributed by atoms with Crippen molar-refractivity contribution in [3.63, 3.8) is 0 Å². The van der Waals surface area contributed by atoms with E-state index >= 15 is 0 Å². The van der Waals surface area contributed by atoms with Gasteiger partial charge in [-0.2, -0.15) is 0 Å². The molecule has 3 aromatic carbocycles. The van der Waals surface area contributed by atoms with E-state index in [1.807, 2.05) is 12.1 Å². The third-order valence-electron chi connectivity index (χ3n) is 9.34. The van der Waals surface area contributed by atoms with E-state index in [1.54, 1.807) is 6.07 Å². The Morgan fingerprint density at radius 3 is 1.63 bits per heavy atom. The molecule has 0 fully saturated rings. The topological polar surface area (TPSA) is 0 Å². The highest BCUT2D eigenvalue weighted by molar-refractivity contribution is 6.35. The highest BCUT2D eigenvalue weighted by Crippen LogP contribution is 2.36. The summed E-state index contributed by atoms with van der Waals surface area (Å²) in [6, 6.07) is 25.2. The first-order chi connectivity index (χ1) is 23.4. The van der Waals surface area contributed by atoms with Crippen LogP contribution in [0.4, 0.5) is 0 Å². The number of allylic oxidation sites excluding steroid dienone is 2. The summed E-state index contributed by atoms with van der Waals surface area (Å²) < 4.78 is 0. The summed E-state index contributed by atoms with van der Waals surface area (Å²) in [5.74, 6) is 0. The average molecular weight is 706 g/mol. The van der Waals surface area contributed by atoms with Crippen molar-refractivity contribution in [3.8, 4) is 0 Å². The summed E-state index contributed by atoms with van der Waals surface area (Å²) in [5, 5.41) is 1.41. The maximum Gasteiger partial charge on any atom is 0.0452 e. The quantitative estimate of drug-likeness (QED) is 0.138. The Morgan fingerprint density at radius 1 is 0.714 bits per heavy atom. The number of hydrogen-bond acceptors (Lipinski definition) is 0. The fourth-order valence-electron chi connectivity index (χ4n) is 6.24. The minimum Gasteiger partial charge on any atom is -0.106 e. The van der Waals surface area contributed by atoms with Crippen molar-refractivity contribution in [1.82, 2.24) is 0 Å². The molecule has 3 aromatic rings. The minimum absolute atomic E-state index is 0.394. The van der Waals surface area contributed by atoms with Crippen LogP contribution >= 0.6 is 23.2 Å². The fraction of sp³-hybridized carbons (Fsp3) is 0.447. The molecule has 0 aromatic heterocycles. The van der Waals surface area contributed by atoms with Crippen molar-refractivity contribution in [2.24, 2.45) is 5.41 Å². The smallest absolute Gasteiger partial charge is 0.0452 e. The predicted octanol–water partition coefficient (Wildman–Crippen LogP) is 16.4. The van der Waals surface area contributed by atoms with Crippen molar-refractivity contribution < 1.29 is 0 Å². The Kier molecular flexibility index (Phi) is 27.6. The lowest BCUT2D eigenvalue weighted by Gasteiger charge is -2.30. The second-order valence-corrected chi connectivity index (χ2v) is 14.1. The summed E-state index contributed by atoms with van der Waals surface area (Å²) in [6.07, 6.45) is 13.0. The van der Waals surface area contributed by atoms with Crippen LogP contribution in [-0.4, -0.2) is 0 Å². The first kappa shape index (κ1) is 48.3. The molecule has 0 spiro atoms. The van der Waals surface area contributed by atoms with Gasteiger partial charge in [0.25, 0.3) is 0 Å². The van der Waals surface area contributed by atoms with Crippen LogP contribution in [0.1, 0.15) is 129 Å². The molecular formula is C47H70Cl2. The molecule has 0 bridgehead atoms. The van der Waals surface area contributed by atoms with Crippen LogP contribution in [0.25, 0.3) is 0 Å². The SMILES string of the molecule is C=C.C=C.C=C(C)CC(CC)(CC)CC.C=C(CCc1ccc(Cl)cc1Cl)Cc1ccc(C)cc1.CCCC(C)(CCC)c1ccccc1. The Bertz CT molecular complexity index is 1270. The lowest BCUT2D eigenvalue weighted by Crippen LogP contribution is -2.21. The largest absolute Gasteiger partial charge is 0.106 e. The van der Waals surface area contributed by atoms with Crippen molar-refractivity contribution >= 4 is 23.2 Å². The van der Waals surface area contributed by atoms with Gasteiger partial charge in [0.15, 0.2) is 0 Å². The molecule has 0 aliphatic heterocycles. The molecule has 0 aliphatic rings. The van der Waals surface area contributed by atoms with Gasteiger partial charge in [-0.15, -0.1) is 32.9 Å². The van der Waals surface area contributed by atoms with Gasteiger partial charge < -0.3 is 0 Å². The van der Waals surface area contributed by atoms with E-state index in [0.29, 0.717) is 15.9 Å². The number of rotatable bonds is 15. The zero-order valence-electron chi connectivity index (χ0n) is 32.7. The van der Waals surface area contributed by atoms with Crippen molar-refractivity contribution in [3.05, 3.63) is 156 Å². The van der Waals surface area contributed by atoms with E-state index in [2.05, 4.69) is 149 Å². The lowest BCUT2D eigenvalue weighted by molar-refractivity contribution is 0.248. The summed E-state index contributed by atoms with van der Waals surface area (Å²) in [6.45, 7) is 38.2. The van der Waals surface area contributed by atoms with Crippen LogP contribution in [0.15, 0.2) is 123 Å². The molecule has 0 N–H and O–H groups in total. The second kappa shape index (κ2) is 28.0. The summed E-state index contributed by atoms with van der Waals surface area (Å²) in [7, 11) is 0. The van der Waals surface area contributed by atoms with Crippen LogP contribution in [0, 0.1) is 12.3 Å². The lowest BCUT2D eigenvalue weighted by atomic mass is 9.75. The van der Waals surface area contributed by atoms with Gasteiger partial charge in [0.2, 0.25) is 0 Å². The van der Waals surface area contributed by atoms with Gasteiger partial charge in [-0.05, 0) is 92.0 Å². The predicted molar refractivity (Wildman–Crippen MR) is 228 cm³/mol. The molecule has 0 radical (unpaired) electrons. The van der Waals surface area contributed by atoms with E-state index in [9.17, 15) is 0 Å². The standard InChI is InChI=1S/C18H18Cl2.C14H22.C11H22.2C2H4/c1-13-3-6-15(7-4-13)11-14(2)5-8-16-9-10-17(19)12-18(16)20;1-4-11-14(3,12-5-2)13-9-7-6-8-10-13;1-6-11(7-2,8-3)9-10(4)5;2*1-2/h3-4,6-7,9-10,12H,2,5,8,11H2,1H3;6-10H,4-5,11-12H2,1-3H3;4,6-9H2,1-3,5H3;2*1-2H2. The number of benzene rings is 3. The molecule has 49 heavy (non-hydrogen) atoms. The third kappa shape index (κ3) is 19.8. The maximum absolute atomic E-state index is 6.18. The Hall–Kier alpha value is -2.80. The highest BCUT2D eigenvalue weighted by atomic mass is 35.5. The zero-order valence-corrected chi connectivity index (χ0v) is 34.2. The Labute approximate surface area is 314 Å². The number of hydrogen-bond donors (Lipinski definition) is 0. The molecule has 272 valence electrons. The molecule has 0 saturated carbocycles. The molecule has 0 nitrogen and oxygen atoms in total. The van der Waals surface area contributed by atoms with E-state index in [-0.39, 0.29) is 0 Å². The minimum atomic E-state index is 0.394. The van der Waals surface area contributed by atoms with Gasteiger partial charge in [0, 0.05) is 10.0 Å². The van der Waals surface area contributed by atoms with Crippen molar-refractivity contribution in [2.45, 2.75) is 131 Å². The van der Waals surface area contributed by atoms with Crippen LogP contribution in [0.3, 0.4) is 0 Å². The molecule has 0 heterocycles. The first-order valence-corrected chi connectivity index (χ1v) is 19.0. The second-order valence-electron chi connectivity index (χ2n) is 13.3. The molecule has 0 saturated heterocycles. The summed E-state index contributed by atoms with van der Waals surface area (Å²) in [4.78, 5) is 0. The Balaban J connectivity index is 0. The fourth-order valence-corrected chi connectivity index (χ4v) is 6.74. The summed E-state index contributed by atoms with van der Waals surface area (Å²) in [5.41, 5.74) is 8.71. The molecule has 0 amide bonds. The number of aryl methyl sites for hydroxylation is 2. The van der Waals surface area contributed by atoms with E-state index in [4.69, 9.17) is 23.2 Å². The molecule has 0 atom stereocenters. The zero-order chi connectivity index (χ0) is 37.9. The average Bonchev–Trinajstić information content (AvgIpc) is 3.11. The van der Waals surface area contributed by atoms with Gasteiger partial charge in [-0.1, -0.05) is 181 Å². The highest BCUT2D eigenvalue weighted by Gasteiger charge is 2.24. The molecule has 0 unspecified atom stereocenters. The van der Waals surface area contributed by atoms with Gasteiger partial charge in [-0.3, -0.25) is 0 Å². The molecule has 3 rings (SSSR count). The van der Waals surface area contributed by atoms with Crippen LogP contribution < -0.4 is 0 Å². The monoisotopic (exact) mass is 704 g/mol. The molecular weight excluding hydrogens is 635 g/mol. The van der Waals surface area contributed by atoms with Gasteiger partial charge in [0.05, 0.1) is 0 Å². The molecule has 0 aliphatic carbocycles. The van der Waals surface area contributed by atoms with Crippen LogP contribution in [0.5, 0.6) is 0 Å². The van der Waals surface area contributed by atoms with Crippen LogP contribution in [0.2, 0.25) is 10.0 Å². The van der Waals surface area contributed by atoms with Crippen molar-refractivity contribution in [2.75, 3.05) is 0 Å². The third-order valence-corrected chi connectivity index (χ3v) is 9.93. The van der Waals surface area contributed by atoms with Gasteiger partial charge in [0.1, 0.15) is 0 Å². The van der Waals surface area contributed by atoms with E-state index < -0.39 is 0 Å². The molecule has 2 heteroatoms. The maximum atomic E-state index is 6.18. The van der Waals surface area contributed by atoms with Crippen LogP contribution in [-0.2, 0) is 18.3 Å². The first-order valence-electron chi connectivity index (χ1n) is 18.2. The van der Waals surface area contributed by atoms with Gasteiger partial charge >= 0.3 is 0 Å². The van der Waals surface area contributed by atoms with E-state index in [0.717, 1.165) is 29.8 Å². The number of halogens is 2. The Morgan fingerprint density at radius 2 is 1.22 bits per heavy atom. The van der Waals surface area contributed by atoms with Crippen molar-refractivity contribution in [1.29, 1.82) is 0 Å². The van der Waals surface area contributed by atoms with Gasteiger partial charge in [-0.25, -0.2) is 0 Å².